The van der Waals surface area contributed by atoms with Gasteiger partial charge in [-0.3, -0.25) is 0 Å². The molecule has 3 heteroatoms. The smallest absolute Gasteiger partial charge is 0.331 e. The predicted molar refractivity (Wildman–Crippen MR) is 48.5 cm³/mol. The van der Waals surface area contributed by atoms with Gasteiger partial charge in [-0.1, -0.05) is 18.2 Å². The summed E-state index contributed by atoms with van der Waals surface area (Å²) < 4.78 is 0. The van der Waals surface area contributed by atoms with E-state index in [4.69, 9.17) is 10.8 Å². The number of carboxylic acid groups (broad SMARTS) is 1. The van der Waals surface area contributed by atoms with Crippen LogP contribution in [0.2, 0.25) is 0 Å². The molecule has 0 radical (unpaired) electrons. The summed E-state index contributed by atoms with van der Waals surface area (Å²) in [6, 6.07) is 0. The van der Waals surface area contributed by atoms with Gasteiger partial charge in [0.25, 0.3) is 0 Å². The summed E-state index contributed by atoms with van der Waals surface area (Å²) in [5, 5.41) is 8.63. The van der Waals surface area contributed by atoms with E-state index in [1.165, 1.54) is 6.20 Å². The van der Waals surface area contributed by atoms with Crippen LogP contribution in [0.1, 0.15) is 12.8 Å². The molecular weight excluding hydrogens is 154 g/mol. The van der Waals surface area contributed by atoms with E-state index >= 15 is 0 Å². The van der Waals surface area contributed by atoms with Gasteiger partial charge in [-0.2, -0.15) is 0 Å². The second-order valence-electron chi connectivity index (χ2n) is 2.19. The summed E-state index contributed by atoms with van der Waals surface area (Å²) in [7, 11) is 0. The molecule has 0 unspecified atom stereocenters. The van der Waals surface area contributed by atoms with Crippen molar-refractivity contribution >= 4 is 5.97 Å². The molecule has 0 heterocycles. The molecule has 0 rings (SSSR count). The molecule has 0 spiro atoms. The van der Waals surface area contributed by atoms with Gasteiger partial charge in [-0.15, -0.1) is 6.58 Å². The maximum Gasteiger partial charge on any atom is 0.331 e. The van der Waals surface area contributed by atoms with E-state index in [-0.39, 0.29) is 0 Å². The normalized spacial score (nSPS) is 11.8. The number of nitrogens with two attached hydrogens (primary N) is 1. The highest BCUT2D eigenvalue weighted by atomic mass is 16.4. The van der Waals surface area contributed by atoms with Crippen LogP contribution < -0.4 is 5.73 Å². The minimum absolute atomic E-state index is 0.350. The second-order valence-corrected chi connectivity index (χ2v) is 2.19. The highest BCUT2D eigenvalue weighted by Gasteiger charge is 2.02. The molecule has 0 aromatic rings. The SMILES string of the molecule is C=CCC(=CCC=CN)C(=O)O. The summed E-state index contributed by atoms with van der Waals surface area (Å²) in [6.07, 6.45) is 7.19. The molecule has 66 valence electrons. The summed E-state index contributed by atoms with van der Waals surface area (Å²) in [5.41, 5.74) is 5.44. The molecule has 0 atom stereocenters. The molecule has 0 fully saturated rings. The van der Waals surface area contributed by atoms with Crippen LogP contribution in [0.15, 0.2) is 36.6 Å². The minimum Gasteiger partial charge on any atom is -0.478 e. The highest BCUT2D eigenvalue weighted by molar-refractivity contribution is 5.86. The van der Waals surface area contributed by atoms with Gasteiger partial charge in [0.1, 0.15) is 0 Å². The Kier molecular flexibility index (Phi) is 5.43. The van der Waals surface area contributed by atoms with E-state index in [1.807, 2.05) is 0 Å². The van der Waals surface area contributed by atoms with Crippen LogP contribution in [0.25, 0.3) is 0 Å². The third kappa shape index (κ3) is 4.33. The van der Waals surface area contributed by atoms with E-state index in [2.05, 4.69) is 6.58 Å². The fraction of sp³-hybridized carbons (Fsp3) is 0.222. The molecule has 0 saturated carbocycles. The van der Waals surface area contributed by atoms with Crippen LogP contribution in [0, 0.1) is 0 Å². The van der Waals surface area contributed by atoms with Crippen LogP contribution in [-0.4, -0.2) is 11.1 Å². The van der Waals surface area contributed by atoms with Gasteiger partial charge in [0.2, 0.25) is 0 Å². The Morgan fingerprint density at radius 1 is 1.58 bits per heavy atom. The fourth-order valence-electron chi connectivity index (χ4n) is 0.702. The van der Waals surface area contributed by atoms with Crippen molar-refractivity contribution in [2.45, 2.75) is 12.8 Å². The zero-order valence-electron chi connectivity index (χ0n) is 6.86. The quantitative estimate of drug-likeness (QED) is 0.481. The van der Waals surface area contributed by atoms with Crippen LogP contribution in [0.5, 0.6) is 0 Å². The molecule has 0 aliphatic rings. The van der Waals surface area contributed by atoms with E-state index in [0.717, 1.165) is 0 Å². The molecule has 3 N–H and O–H groups in total. The first kappa shape index (κ1) is 10.5. The maximum atomic E-state index is 10.5. The predicted octanol–water partition coefficient (Wildman–Crippen LogP) is 1.44. The average Bonchev–Trinajstić information content (AvgIpc) is 2.03. The topological polar surface area (TPSA) is 63.3 Å². The van der Waals surface area contributed by atoms with Crippen molar-refractivity contribution in [2.75, 3.05) is 0 Å². The first-order valence-corrected chi connectivity index (χ1v) is 3.62. The highest BCUT2D eigenvalue weighted by Crippen LogP contribution is 2.03. The third-order valence-corrected chi connectivity index (χ3v) is 1.28. The summed E-state index contributed by atoms with van der Waals surface area (Å²) in [5.74, 6) is -0.902. The van der Waals surface area contributed by atoms with E-state index in [9.17, 15) is 4.79 Å². The zero-order valence-corrected chi connectivity index (χ0v) is 6.86. The van der Waals surface area contributed by atoms with Crippen molar-refractivity contribution in [1.82, 2.24) is 0 Å². The van der Waals surface area contributed by atoms with Gasteiger partial charge in [-0.05, 0) is 19.0 Å². The Balaban J connectivity index is 4.17. The maximum absolute atomic E-state index is 10.5. The van der Waals surface area contributed by atoms with Crippen LogP contribution in [0.4, 0.5) is 0 Å². The molecule has 3 nitrogen and oxygen atoms in total. The van der Waals surface area contributed by atoms with E-state index < -0.39 is 5.97 Å². The number of carbonyl (C=O) groups is 1. The van der Waals surface area contributed by atoms with Gasteiger partial charge in [0.15, 0.2) is 0 Å². The van der Waals surface area contributed by atoms with Gasteiger partial charge in [-0.25, -0.2) is 4.79 Å². The molecule has 0 aromatic heterocycles. The number of hydrogen-bond acceptors (Lipinski definition) is 2. The van der Waals surface area contributed by atoms with Crippen molar-refractivity contribution in [2.24, 2.45) is 5.73 Å². The molecule has 0 bridgehead atoms. The summed E-state index contributed by atoms with van der Waals surface area (Å²) in [6.45, 7) is 3.46. The van der Waals surface area contributed by atoms with Crippen molar-refractivity contribution in [3.05, 3.63) is 36.6 Å². The Morgan fingerprint density at radius 2 is 2.25 bits per heavy atom. The molecule has 0 amide bonds. The van der Waals surface area contributed by atoms with E-state index in [1.54, 1.807) is 18.2 Å². The summed E-state index contributed by atoms with van der Waals surface area (Å²) >= 11 is 0. The third-order valence-electron chi connectivity index (χ3n) is 1.28. The molecule has 0 aromatic carbocycles. The Labute approximate surface area is 71.9 Å². The monoisotopic (exact) mass is 167 g/mol. The van der Waals surface area contributed by atoms with Gasteiger partial charge < -0.3 is 10.8 Å². The standard InChI is InChI=1S/C9H13NO2/c1-2-5-8(9(11)12)6-3-4-7-10/h2,4,6-7H,1,3,5,10H2,(H,11,12). The van der Waals surface area contributed by atoms with Crippen LogP contribution in [-0.2, 0) is 4.79 Å². The van der Waals surface area contributed by atoms with Crippen molar-refractivity contribution in [1.29, 1.82) is 0 Å². The fourth-order valence-corrected chi connectivity index (χ4v) is 0.702. The molecule has 0 saturated heterocycles. The van der Waals surface area contributed by atoms with Crippen molar-refractivity contribution in [3.8, 4) is 0 Å². The second kappa shape index (κ2) is 6.22. The van der Waals surface area contributed by atoms with Gasteiger partial charge in [0.05, 0.1) is 0 Å². The van der Waals surface area contributed by atoms with E-state index in [0.29, 0.717) is 18.4 Å². The van der Waals surface area contributed by atoms with Gasteiger partial charge in [0, 0.05) is 5.57 Å². The number of rotatable bonds is 5. The average molecular weight is 167 g/mol. The first-order valence-electron chi connectivity index (χ1n) is 3.62. The zero-order chi connectivity index (χ0) is 9.40. The number of hydrogen-bond donors (Lipinski definition) is 2. The lowest BCUT2D eigenvalue weighted by molar-refractivity contribution is -0.132. The molecular formula is C9H13NO2. The first-order chi connectivity index (χ1) is 5.72. The largest absolute Gasteiger partial charge is 0.478 e. The van der Waals surface area contributed by atoms with Crippen LogP contribution in [0.3, 0.4) is 0 Å². The molecule has 0 aliphatic heterocycles. The molecule has 12 heavy (non-hydrogen) atoms. The minimum atomic E-state index is -0.902. The lowest BCUT2D eigenvalue weighted by Crippen LogP contribution is -1.98. The van der Waals surface area contributed by atoms with Gasteiger partial charge >= 0.3 is 5.97 Å². The number of allylic oxidation sites excluding steroid dienone is 3. The summed E-state index contributed by atoms with van der Waals surface area (Å²) in [4.78, 5) is 10.5. The van der Waals surface area contributed by atoms with Crippen molar-refractivity contribution < 1.29 is 9.90 Å². The Morgan fingerprint density at radius 3 is 2.67 bits per heavy atom. The Bertz CT molecular complexity index is 217. The molecule has 0 aliphatic carbocycles. The lowest BCUT2D eigenvalue weighted by Gasteiger charge is -1.95. The number of aliphatic carboxylic acids is 1. The van der Waals surface area contributed by atoms with Crippen LogP contribution >= 0.6 is 0 Å². The number of carboxylic acids is 1. The van der Waals surface area contributed by atoms with Crippen molar-refractivity contribution in [3.63, 3.8) is 0 Å². The lowest BCUT2D eigenvalue weighted by atomic mass is 10.1. The Hall–Kier alpha value is -1.51.